The predicted molar refractivity (Wildman–Crippen MR) is 198 cm³/mol. The summed E-state index contributed by atoms with van der Waals surface area (Å²) < 4.78 is 16.1. The van der Waals surface area contributed by atoms with E-state index in [4.69, 9.17) is 14.2 Å². The summed E-state index contributed by atoms with van der Waals surface area (Å²) in [7, 11) is 0. The second kappa shape index (κ2) is 19.9. The zero-order valence-electron chi connectivity index (χ0n) is 30.5. The number of aliphatic carboxylic acids is 1. The molecule has 13 nitrogen and oxygen atoms in total. The zero-order chi connectivity index (χ0) is 38.2. The van der Waals surface area contributed by atoms with E-state index < -0.39 is 47.8 Å². The molecule has 0 radical (unpaired) electrons. The van der Waals surface area contributed by atoms with E-state index in [0.29, 0.717) is 25.7 Å². The Morgan fingerprint density at radius 2 is 1.21 bits per heavy atom. The number of rotatable bonds is 18. The van der Waals surface area contributed by atoms with Crippen molar-refractivity contribution in [2.75, 3.05) is 19.7 Å². The number of carbonyl (C=O) groups excluding carboxylic acids is 4. The summed E-state index contributed by atoms with van der Waals surface area (Å²) in [5, 5.41) is 20.4. The fraction of sp³-hybridized carbons (Fsp3) is 0.425. The number of unbranched alkanes of at least 4 members (excludes halogenated alkanes) is 2. The fourth-order valence-corrected chi connectivity index (χ4v) is 6.00. The third-order valence-electron chi connectivity index (χ3n) is 8.56. The van der Waals surface area contributed by atoms with Crippen LogP contribution in [-0.4, -0.2) is 72.6 Å². The van der Waals surface area contributed by atoms with Gasteiger partial charge in [-0.3, -0.25) is 4.79 Å². The van der Waals surface area contributed by atoms with Gasteiger partial charge in [0.2, 0.25) is 5.91 Å². The monoisotopic (exact) mass is 730 g/mol. The lowest BCUT2D eigenvalue weighted by atomic mass is 9.98. The number of fused-ring (bicyclic) bond motifs is 3. The molecule has 3 aromatic rings. The highest BCUT2D eigenvalue weighted by atomic mass is 16.6. The normalized spacial score (nSPS) is 13.0. The lowest BCUT2D eigenvalue weighted by molar-refractivity contribution is -0.142. The van der Waals surface area contributed by atoms with Gasteiger partial charge in [-0.2, -0.15) is 0 Å². The Balaban J connectivity index is 1.30. The number of alkyl carbamates (subject to hydrolysis) is 3. The van der Waals surface area contributed by atoms with E-state index >= 15 is 0 Å². The summed E-state index contributed by atoms with van der Waals surface area (Å²) >= 11 is 0. The predicted octanol–water partition coefficient (Wildman–Crippen LogP) is 6.25. The van der Waals surface area contributed by atoms with E-state index in [1.54, 1.807) is 20.8 Å². The number of ether oxygens (including phenoxy) is 3. The van der Waals surface area contributed by atoms with Crippen LogP contribution in [0.3, 0.4) is 0 Å². The van der Waals surface area contributed by atoms with E-state index in [1.165, 1.54) is 0 Å². The smallest absolute Gasteiger partial charge is 0.407 e. The van der Waals surface area contributed by atoms with Gasteiger partial charge in [0.05, 0.1) is 0 Å². The number of nitrogens with one attached hydrogen (secondary N) is 4. The van der Waals surface area contributed by atoms with Gasteiger partial charge in [0.25, 0.3) is 0 Å². The van der Waals surface area contributed by atoms with Crippen LogP contribution >= 0.6 is 0 Å². The van der Waals surface area contributed by atoms with Crippen molar-refractivity contribution in [3.05, 3.63) is 95.6 Å². The molecule has 0 bridgehead atoms. The summed E-state index contributed by atoms with van der Waals surface area (Å²) in [6.45, 7) is 5.97. The minimum absolute atomic E-state index is 0.0400. The van der Waals surface area contributed by atoms with Gasteiger partial charge in [-0.1, -0.05) is 78.9 Å². The van der Waals surface area contributed by atoms with Gasteiger partial charge in [-0.25, -0.2) is 19.2 Å². The van der Waals surface area contributed by atoms with Crippen LogP contribution < -0.4 is 21.3 Å². The molecule has 0 aromatic heterocycles. The molecule has 1 aliphatic rings. The first-order valence-electron chi connectivity index (χ1n) is 18.0. The van der Waals surface area contributed by atoms with Crippen LogP contribution in [0.25, 0.3) is 11.1 Å². The third-order valence-corrected chi connectivity index (χ3v) is 8.56. The average Bonchev–Trinajstić information content (AvgIpc) is 3.44. The van der Waals surface area contributed by atoms with Gasteiger partial charge in [0, 0.05) is 19.0 Å². The van der Waals surface area contributed by atoms with Gasteiger partial charge >= 0.3 is 24.2 Å². The van der Waals surface area contributed by atoms with Crippen LogP contribution in [0.5, 0.6) is 0 Å². The SMILES string of the molecule is CC(C)(C)OC(=O)NCCCC[C@H](NC(=O)[C@H](CCCCNC(=O)OCc1ccccc1)NC(=O)OCC1c2ccccc2-c2ccccc21)C(=O)O. The molecule has 1 aliphatic carbocycles. The van der Waals surface area contributed by atoms with Crippen molar-refractivity contribution in [3.63, 3.8) is 0 Å². The average molecular weight is 731 g/mol. The van der Waals surface area contributed by atoms with E-state index in [9.17, 15) is 29.1 Å². The first-order chi connectivity index (χ1) is 25.4. The molecule has 0 unspecified atom stereocenters. The maximum atomic E-state index is 13.5. The summed E-state index contributed by atoms with van der Waals surface area (Å²) in [6, 6.07) is 22.8. The van der Waals surface area contributed by atoms with Gasteiger partial charge in [-0.05, 0) is 87.1 Å². The molecule has 53 heavy (non-hydrogen) atoms. The molecule has 13 heteroatoms. The molecule has 4 amide bonds. The molecule has 0 heterocycles. The molecule has 0 saturated carbocycles. The van der Waals surface area contributed by atoms with Gasteiger partial charge in [-0.15, -0.1) is 0 Å². The molecule has 0 saturated heterocycles. The number of amides is 4. The molecular formula is C40H50N4O9. The fourth-order valence-electron chi connectivity index (χ4n) is 6.00. The highest BCUT2D eigenvalue weighted by molar-refractivity contribution is 5.89. The lowest BCUT2D eigenvalue weighted by Gasteiger charge is -2.22. The van der Waals surface area contributed by atoms with Crippen molar-refractivity contribution in [1.82, 2.24) is 21.3 Å². The summed E-state index contributed by atoms with van der Waals surface area (Å²) in [4.78, 5) is 62.8. The Hall–Kier alpha value is -5.59. The minimum Gasteiger partial charge on any atom is -0.480 e. The van der Waals surface area contributed by atoms with Crippen LogP contribution in [0.4, 0.5) is 14.4 Å². The molecule has 5 N–H and O–H groups in total. The first kappa shape index (κ1) is 40.2. The summed E-state index contributed by atoms with van der Waals surface area (Å²) in [5.74, 6) is -2.08. The highest BCUT2D eigenvalue weighted by Gasteiger charge is 2.31. The highest BCUT2D eigenvalue weighted by Crippen LogP contribution is 2.44. The maximum Gasteiger partial charge on any atom is 0.407 e. The molecular weight excluding hydrogens is 680 g/mol. The third kappa shape index (κ3) is 13.2. The lowest BCUT2D eigenvalue weighted by Crippen LogP contribution is -2.51. The Labute approximate surface area is 310 Å². The van der Waals surface area contributed by atoms with E-state index in [1.807, 2.05) is 78.9 Å². The van der Waals surface area contributed by atoms with Gasteiger partial charge in [0.1, 0.15) is 30.9 Å². The Morgan fingerprint density at radius 3 is 1.79 bits per heavy atom. The Kier molecular flexibility index (Phi) is 15.1. The molecule has 0 fully saturated rings. The molecule has 3 aromatic carbocycles. The zero-order valence-corrected chi connectivity index (χ0v) is 30.5. The Bertz CT molecular complexity index is 1650. The number of carbonyl (C=O) groups is 5. The van der Waals surface area contributed by atoms with Crippen LogP contribution in [0.2, 0.25) is 0 Å². The van der Waals surface area contributed by atoms with Gasteiger partial charge < -0.3 is 40.6 Å². The van der Waals surface area contributed by atoms with E-state index in [0.717, 1.165) is 27.8 Å². The van der Waals surface area contributed by atoms with Crippen molar-refractivity contribution in [3.8, 4) is 11.1 Å². The van der Waals surface area contributed by atoms with E-state index in [-0.39, 0.29) is 45.1 Å². The molecule has 284 valence electrons. The van der Waals surface area contributed by atoms with Crippen molar-refractivity contribution in [2.45, 2.75) is 89.5 Å². The molecule has 0 spiro atoms. The quantitative estimate of drug-likeness (QED) is 0.0746. The molecule has 0 aliphatic heterocycles. The Morgan fingerprint density at radius 1 is 0.660 bits per heavy atom. The van der Waals surface area contributed by atoms with Crippen molar-refractivity contribution in [1.29, 1.82) is 0 Å². The largest absolute Gasteiger partial charge is 0.480 e. The second-order valence-corrected chi connectivity index (χ2v) is 13.8. The van der Waals surface area contributed by atoms with Crippen molar-refractivity contribution < 1.29 is 43.3 Å². The number of benzene rings is 3. The topological polar surface area (TPSA) is 181 Å². The van der Waals surface area contributed by atoms with E-state index in [2.05, 4.69) is 21.3 Å². The van der Waals surface area contributed by atoms with Crippen molar-refractivity contribution in [2.24, 2.45) is 0 Å². The molecule has 2 atom stereocenters. The van der Waals surface area contributed by atoms with Crippen LogP contribution in [-0.2, 0) is 30.4 Å². The minimum atomic E-state index is -1.23. The maximum absolute atomic E-state index is 13.5. The standard InChI is InChI=1S/C40H50N4O9/c1-40(2,3)53-38(49)42-24-14-12-22-34(36(46)47)43-35(45)33(21-11-13-23-41-37(48)51-25-27-15-5-4-6-16-27)44-39(50)52-26-32-30-19-9-7-17-28(30)29-18-8-10-20-31(29)32/h4-10,15-20,32-34H,11-14,21-26H2,1-3H3,(H,41,48)(H,42,49)(H,43,45)(H,44,50)(H,46,47)/t33-,34-/m0/s1. The van der Waals surface area contributed by atoms with Crippen molar-refractivity contribution >= 4 is 30.2 Å². The number of carboxylic acid groups (broad SMARTS) is 1. The molecule has 4 rings (SSSR count). The van der Waals surface area contributed by atoms with Gasteiger partial charge in [0.15, 0.2) is 0 Å². The summed E-state index contributed by atoms with van der Waals surface area (Å²) in [6.07, 6.45) is 0.0256. The first-order valence-corrected chi connectivity index (χ1v) is 18.0. The number of carboxylic acids is 1. The second-order valence-electron chi connectivity index (χ2n) is 13.8. The van der Waals surface area contributed by atoms with Crippen LogP contribution in [0, 0.1) is 0 Å². The summed E-state index contributed by atoms with van der Waals surface area (Å²) in [5.41, 5.74) is 4.44. The number of hydrogen-bond donors (Lipinski definition) is 5. The van der Waals surface area contributed by atoms with Crippen LogP contribution in [0.1, 0.15) is 81.9 Å². The van der Waals surface area contributed by atoms with Crippen LogP contribution in [0.15, 0.2) is 78.9 Å². The number of hydrogen-bond acceptors (Lipinski definition) is 8.